The summed E-state index contributed by atoms with van der Waals surface area (Å²) in [6.45, 7) is 7.77. The third-order valence-corrected chi connectivity index (χ3v) is 4.21. The predicted octanol–water partition coefficient (Wildman–Crippen LogP) is 5.58. The summed E-state index contributed by atoms with van der Waals surface area (Å²) in [6, 6.07) is 10.1. The highest BCUT2D eigenvalue weighted by atomic mass is 35.5. The molecule has 0 heterocycles. The van der Waals surface area contributed by atoms with E-state index < -0.39 is 0 Å². The van der Waals surface area contributed by atoms with Crippen molar-refractivity contribution in [1.29, 1.82) is 0 Å². The van der Waals surface area contributed by atoms with Crippen molar-refractivity contribution in [3.05, 3.63) is 69.5 Å². The van der Waals surface area contributed by atoms with Crippen LogP contribution in [0.5, 0.6) is 0 Å². The van der Waals surface area contributed by atoms with Gasteiger partial charge in [-0.25, -0.2) is 4.39 Å². The van der Waals surface area contributed by atoms with Crippen LogP contribution < -0.4 is 0 Å². The Hall–Kier alpha value is -1.34. The fraction of sp³-hybridized carbons (Fsp3) is 0.333. The van der Waals surface area contributed by atoms with Crippen molar-refractivity contribution >= 4 is 11.6 Å². The standard InChI is InChI=1S/C18H20ClF/c1-11-5-6-15(7-12(11)2)10-17(19)16-8-13(3)18(20)14(4)9-16/h5-9,17H,10H2,1-4H3. The van der Waals surface area contributed by atoms with Gasteiger partial charge in [0.15, 0.2) is 0 Å². The summed E-state index contributed by atoms with van der Waals surface area (Å²) in [6.07, 6.45) is 0.757. The van der Waals surface area contributed by atoms with Crippen molar-refractivity contribution in [2.75, 3.05) is 0 Å². The minimum atomic E-state index is -0.135. The summed E-state index contributed by atoms with van der Waals surface area (Å²) in [4.78, 5) is 0. The van der Waals surface area contributed by atoms with Crippen molar-refractivity contribution in [3.63, 3.8) is 0 Å². The fourth-order valence-corrected chi connectivity index (χ4v) is 2.72. The maximum absolute atomic E-state index is 13.7. The molecule has 0 nitrogen and oxygen atoms in total. The van der Waals surface area contributed by atoms with Gasteiger partial charge < -0.3 is 0 Å². The lowest BCUT2D eigenvalue weighted by Crippen LogP contribution is -2.00. The summed E-state index contributed by atoms with van der Waals surface area (Å²) < 4.78 is 13.7. The Morgan fingerprint density at radius 2 is 1.50 bits per heavy atom. The zero-order chi connectivity index (χ0) is 14.9. The molecule has 0 bridgehead atoms. The van der Waals surface area contributed by atoms with Gasteiger partial charge in [-0.2, -0.15) is 0 Å². The SMILES string of the molecule is Cc1ccc(CC(Cl)c2cc(C)c(F)c(C)c2)cc1C. The van der Waals surface area contributed by atoms with Crippen molar-refractivity contribution in [2.24, 2.45) is 0 Å². The van der Waals surface area contributed by atoms with Gasteiger partial charge in [0, 0.05) is 0 Å². The van der Waals surface area contributed by atoms with Crippen LogP contribution in [0.15, 0.2) is 30.3 Å². The zero-order valence-corrected chi connectivity index (χ0v) is 13.2. The first-order valence-electron chi connectivity index (χ1n) is 6.85. The minimum Gasteiger partial charge on any atom is -0.206 e. The number of halogens is 2. The monoisotopic (exact) mass is 290 g/mol. The second-order valence-electron chi connectivity index (χ2n) is 5.56. The zero-order valence-electron chi connectivity index (χ0n) is 12.4. The van der Waals surface area contributed by atoms with Crippen LogP contribution in [0, 0.1) is 33.5 Å². The van der Waals surface area contributed by atoms with Gasteiger partial charge in [0.05, 0.1) is 5.38 Å². The van der Waals surface area contributed by atoms with Crippen LogP contribution in [-0.2, 0) is 6.42 Å². The number of hydrogen-bond acceptors (Lipinski definition) is 0. The molecule has 0 aliphatic carbocycles. The molecule has 106 valence electrons. The van der Waals surface area contributed by atoms with Gasteiger partial charge in [-0.3, -0.25) is 0 Å². The van der Waals surface area contributed by atoms with E-state index in [9.17, 15) is 4.39 Å². The molecule has 0 fully saturated rings. The largest absolute Gasteiger partial charge is 0.206 e. The van der Waals surface area contributed by atoms with Gasteiger partial charge in [-0.1, -0.05) is 30.3 Å². The molecular weight excluding hydrogens is 271 g/mol. The Labute approximate surface area is 125 Å². The number of hydrogen-bond donors (Lipinski definition) is 0. The molecule has 0 saturated heterocycles. The Balaban J connectivity index is 2.23. The summed E-state index contributed by atoms with van der Waals surface area (Å²) in [5.74, 6) is -0.135. The highest BCUT2D eigenvalue weighted by Crippen LogP contribution is 2.28. The topological polar surface area (TPSA) is 0 Å². The molecule has 0 aromatic heterocycles. The van der Waals surface area contributed by atoms with Crippen LogP contribution in [0.1, 0.15) is 38.8 Å². The molecule has 0 amide bonds. The molecule has 0 aliphatic rings. The molecule has 0 saturated carbocycles. The van der Waals surface area contributed by atoms with Gasteiger partial charge in [0.2, 0.25) is 0 Å². The van der Waals surface area contributed by atoms with E-state index in [1.54, 1.807) is 13.8 Å². The average molecular weight is 291 g/mol. The molecule has 2 rings (SSSR count). The molecule has 2 aromatic carbocycles. The van der Waals surface area contributed by atoms with Gasteiger partial charge in [0.25, 0.3) is 0 Å². The highest BCUT2D eigenvalue weighted by molar-refractivity contribution is 6.20. The summed E-state index contributed by atoms with van der Waals surface area (Å²) in [5.41, 5.74) is 6.08. The molecule has 0 N–H and O–H groups in total. The first kappa shape index (κ1) is 15.1. The summed E-state index contributed by atoms with van der Waals surface area (Å²) in [7, 11) is 0. The Kier molecular flexibility index (Phi) is 4.49. The van der Waals surface area contributed by atoms with Crippen molar-refractivity contribution in [3.8, 4) is 0 Å². The molecule has 2 heteroatoms. The van der Waals surface area contributed by atoms with Gasteiger partial charge in [-0.05, 0) is 67.5 Å². The third kappa shape index (κ3) is 3.21. The molecule has 2 aromatic rings. The molecule has 1 unspecified atom stereocenters. The van der Waals surface area contributed by atoms with E-state index in [-0.39, 0.29) is 11.2 Å². The van der Waals surface area contributed by atoms with Gasteiger partial charge in [0.1, 0.15) is 5.82 Å². The average Bonchev–Trinajstić information content (AvgIpc) is 2.39. The quantitative estimate of drug-likeness (QED) is 0.647. The van der Waals surface area contributed by atoms with Gasteiger partial charge >= 0.3 is 0 Å². The van der Waals surface area contributed by atoms with E-state index in [0.29, 0.717) is 11.1 Å². The van der Waals surface area contributed by atoms with Crippen molar-refractivity contribution < 1.29 is 4.39 Å². The normalized spacial score (nSPS) is 12.5. The van der Waals surface area contributed by atoms with E-state index in [4.69, 9.17) is 11.6 Å². The number of rotatable bonds is 3. The van der Waals surface area contributed by atoms with Crippen LogP contribution in [0.3, 0.4) is 0 Å². The molecule has 0 spiro atoms. The maximum Gasteiger partial charge on any atom is 0.129 e. The second-order valence-corrected chi connectivity index (χ2v) is 6.09. The molecular formula is C18H20ClF. The van der Waals surface area contributed by atoms with Crippen LogP contribution >= 0.6 is 11.6 Å². The summed E-state index contributed by atoms with van der Waals surface area (Å²) in [5, 5.41) is -0.130. The van der Waals surface area contributed by atoms with Crippen LogP contribution in [0.2, 0.25) is 0 Å². The molecule has 0 aliphatic heterocycles. The Morgan fingerprint density at radius 1 is 0.900 bits per heavy atom. The predicted molar refractivity (Wildman–Crippen MR) is 84.1 cm³/mol. The first-order valence-corrected chi connectivity index (χ1v) is 7.29. The van der Waals surface area contributed by atoms with Crippen LogP contribution in [0.4, 0.5) is 4.39 Å². The van der Waals surface area contributed by atoms with E-state index in [1.165, 1.54) is 16.7 Å². The minimum absolute atomic E-state index is 0.130. The lowest BCUT2D eigenvalue weighted by molar-refractivity contribution is 0.608. The Bertz CT molecular complexity index is 608. The van der Waals surface area contributed by atoms with E-state index in [2.05, 4.69) is 32.0 Å². The number of alkyl halides is 1. The molecule has 0 radical (unpaired) electrons. The molecule has 20 heavy (non-hydrogen) atoms. The maximum atomic E-state index is 13.7. The van der Waals surface area contributed by atoms with E-state index in [1.807, 2.05) is 12.1 Å². The van der Waals surface area contributed by atoms with Crippen molar-refractivity contribution in [1.82, 2.24) is 0 Å². The van der Waals surface area contributed by atoms with E-state index in [0.717, 1.165) is 12.0 Å². The number of benzene rings is 2. The smallest absolute Gasteiger partial charge is 0.129 e. The number of aryl methyl sites for hydroxylation is 4. The Morgan fingerprint density at radius 3 is 2.05 bits per heavy atom. The first-order chi connectivity index (χ1) is 9.38. The van der Waals surface area contributed by atoms with Crippen molar-refractivity contribution in [2.45, 2.75) is 39.5 Å². The second kappa shape index (κ2) is 5.97. The highest BCUT2D eigenvalue weighted by Gasteiger charge is 2.13. The third-order valence-electron chi connectivity index (χ3n) is 3.81. The molecule has 1 atom stereocenters. The van der Waals surface area contributed by atoms with E-state index >= 15 is 0 Å². The van der Waals surface area contributed by atoms with Crippen LogP contribution in [-0.4, -0.2) is 0 Å². The van der Waals surface area contributed by atoms with Gasteiger partial charge in [-0.15, -0.1) is 11.6 Å². The lowest BCUT2D eigenvalue weighted by atomic mass is 9.98. The summed E-state index contributed by atoms with van der Waals surface area (Å²) >= 11 is 6.51. The van der Waals surface area contributed by atoms with Crippen LogP contribution in [0.25, 0.3) is 0 Å². The fourth-order valence-electron chi connectivity index (χ4n) is 2.42. The lowest BCUT2D eigenvalue weighted by Gasteiger charge is -2.14.